The smallest absolute Gasteiger partial charge is 0.178 e. The standard InChI is InChI=1S/C12H10ClN7O/c13-10-5-9(12-15-7-8(6-14)20(12)17-10)16-11-1-2-19(18-11)3-4-21/h1-2,5,7,21H,3-4H2,(H,16,18). The molecule has 106 valence electrons. The van der Waals surface area contributed by atoms with Gasteiger partial charge in [0.05, 0.1) is 25.0 Å². The molecule has 0 fully saturated rings. The number of halogens is 1. The number of anilines is 2. The van der Waals surface area contributed by atoms with Crippen LogP contribution in [0.4, 0.5) is 11.5 Å². The molecule has 0 aliphatic rings. The van der Waals surface area contributed by atoms with Gasteiger partial charge in [-0.25, -0.2) is 4.98 Å². The minimum absolute atomic E-state index is 0.0121. The summed E-state index contributed by atoms with van der Waals surface area (Å²) in [6, 6.07) is 5.36. The molecule has 3 heterocycles. The summed E-state index contributed by atoms with van der Waals surface area (Å²) < 4.78 is 2.98. The van der Waals surface area contributed by atoms with Crippen LogP contribution in [-0.2, 0) is 6.54 Å². The average Bonchev–Trinajstić information content (AvgIpc) is 3.06. The SMILES string of the molecule is N#Cc1cnc2c(Nc3ccn(CCO)n3)cc(Cl)nn12. The number of aromatic nitrogens is 5. The number of fused-ring (bicyclic) bond motifs is 1. The van der Waals surface area contributed by atoms with Gasteiger partial charge in [0.25, 0.3) is 0 Å². The van der Waals surface area contributed by atoms with Crippen molar-refractivity contribution < 1.29 is 5.11 Å². The second kappa shape index (κ2) is 5.40. The molecule has 3 aromatic rings. The van der Waals surface area contributed by atoms with Crippen LogP contribution < -0.4 is 5.32 Å². The van der Waals surface area contributed by atoms with Crippen LogP contribution in [0.15, 0.2) is 24.5 Å². The molecule has 9 heteroatoms. The number of aliphatic hydroxyl groups excluding tert-OH is 1. The van der Waals surface area contributed by atoms with Crippen LogP contribution in [0.1, 0.15) is 5.69 Å². The number of nitriles is 1. The Morgan fingerprint density at radius 1 is 1.43 bits per heavy atom. The molecule has 0 atom stereocenters. The number of hydrogen-bond acceptors (Lipinski definition) is 6. The maximum Gasteiger partial charge on any atom is 0.178 e. The molecule has 0 aliphatic heterocycles. The Balaban J connectivity index is 1.99. The second-order valence-corrected chi connectivity index (χ2v) is 4.57. The Hall–Kier alpha value is -2.63. The Morgan fingerprint density at radius 3 is 3.05 bits per heavy atom. The minimum Gasteiger partial charge on any atom is -0.394 e. The molecule has 21 heavy (non-hydrogen) atoms. The van der Waals surface area contributed by atoms with E-state index in [1.807, 2.05) is 6.07 Å². The van der Waals surface area contributed by atoms with E-state index in [1.54, 1.807) is 23.0 Å². The molecular formula is C12H10ClN7O. The first-order chi connectivity index (χ1) is 10.2. The van der Waals surface area contributed by atoms with Gasteiger partial charge in [0.1, 0.15) is 6.07 Å². The number of nitrogens with zero attached hydrogens (tertiary/aromatic N) is 6. The van der Waals surface area contributed by atoms with Crippen LogP contribution >= 0.6 is 11.6 Å². The lowest BCUT2D eigenvalue weighted by atomic mass is 10.4. The summed E-state index contributed by atoms with van der Waals surface area (Å²) in [5.74, 6) is 0.578. The first-order valence-corrected chi connectivity index (χ1v) is 6.45. The van der Waals surface area contributed by atoms with Crippen molar-refractivity contribution in [3.8, 4) is 6.07 Å². The molecule has 0 saturated carbocycles. The zero-order valence-corrected chi connectivity index (χ0v) is 11.5. The van der Waals surface area contributed by atoms with Gasteiger partial charge in [0.2, 0.25) is 0 Å². The molecule has 0 saturated heterocycles. The van der Waals surface area contributed by atoms with Crippen molar-refractivity contribution >= 4 is 28.8 Å². The van der Waals surface area contributed by atoms with Crippen LogP contribution in [0.5, 0.6) is 0 Å². The van der Waals surface area contributed by atoms with Crippen LogP contribution in [0, 0.1) is 11.3 Å². The van der Waals surface area contributed by atoms with Crippen molar-refractivity contribution in [3.05, 3.63) is 35.4 Å². The van der Waals surface area contributed by atoms with Crippen LogP contribution in [0.2, 0.25) is 5.15 Å². The molecule has 0 amide bonds. The highest BCUT2D eigenvalue weighted by Gasteiger charge is 2.11. The van der Waals surface area contributed by atoms with E-state index < -0.39 is 0 Å². The van der Waals surface area contributed by atoms with E-state index in [0.29, 0.717) is 29.4 Å². The van der Waals surface area contributed by atoms with E-state index >= 15 is 0 Å². The summed E-state index contributed by atoms with van der Waals surface area (Å²) in [6.45, 7) is 0.425. The normalized spacial score (nSPS) is 10.7. The average molecular weight is 304 g/mol. The Labute approximate surface area is 124 Å². The molecule has 0 spiro atoms. The van der Waals surface area contributed by atoms with Gasteiger partial charge in [-0.1, -0.05) is 11.6 Å². The highest BCUT2D eigenvalue weighted by atomic mass is 35.5. The molecule has 0 unspecified atom stereocenters. The highest BCUT2D eigenvalue weighted by molar-refractivity contribution is 6.29. The minimum atomic E-state index is 0.0121. The lowest BCUT2D eigenvalue weighted by Gasteiger charge is -2.05. The molecule has 0 bridgehead atoms. The fraction of sp³-hybridized carbons (Fsp3) is 0.167. The van der Waals surface area contributed by atoms with Gasteiger partial charge in [-0.2, -0.15) is 20.0 Å². The van der Waals surface area contributed by atoms with Crippen LogP contribution in [0.25, 0.3) is 5.65 Å². The molecule has 8 nitrogen and oxygen atoms in total. The molecular weight excluding hydrogens is 294 g/mol. The summed E-state index contributed by atoms with van der Waals surface area (Å²) in [7, 11) is 0. The maximum absolute atomic E-state index is 9.00. The number of rotatable bonds is 4. The predicted molar refractivity (Wildman–Crippen MR) is 75.3 cm³/mol. The number of aliphatic hydroxyl groups is 1. The van der Waals surface area contributed by atoms with Crippen molar-refractivity contribution in [2.45, 2.75) is 6.54 Å². The third-order valence-electron chi connectivity index (χ3n) is 2.78. The van der Waals surface area contributed by atoms with Gasteiger partial charge in [-0.05, 0) is 0 Å². The van der Waals surface area contributed by atoms with Gasteiger partial charge in [-0.3, -0.25) is 4.68 Å². The topological polar surface area (TPSA) is 104 Å². The van der Waals surface area contributed by atoms with E-state index in [-0.39, 0.29) is 11.8 Å². The number of nitrogens with one attached hydrogen (secondary N) is 1. The molecule has 3 rings (SSSR count). The highest BCUT2D eigenvalue weighted by Crippen LogP contribution is 2.23. The fourth-order valence-electron chi connectivity index (χ4n) is 1.90. The van der Waals surface area contributed by atoms with Crippen LogP contribution in [0.3, 0.4) is 0 Å². The number of imidazole rings is 1. The monoisotopic (exact) mass is 303 g/mol. The molecule has 0 aliphatic carbocycles. The largest absolute Gasteiger partial charge is 0.394 e. The summed E-state index contributed by atoms with van der Waals surface area (Å²) >= 11 is 5.96. The summed E-state index contributed by atoms with van der Waals surface area (Å²) in [5.41, 5.74) is 1.36. The first-order valence-electron chi connectivity index (χ1n) is 6.07. The summed E-state index contributed by atoms with van der Waals surface area (Å²) in [5, 5.41) is 29.5. The lowest BCUT2D eigenvalue weighted by Crippen LogP contribution is -2.04. The van der Waals surface area contributed by atoms with Crippen molar-refractivity contribution in [3.63, 3.8) is 0 Å². The quantitative estimate of drug-likeness (QED) is 0.750. The lowest BCUT2D eigenvalue weighted by molar-refractivity contribution is 0.269. The Kier molecular flexibility index (Phi) is 3.43. The van der Waals surface area contributed by atoms with Gasteiger partial charge in [-0.15, -0.1) is 0 Å². The van der Waals surface area contributed by atoms with Gasteiger partial charge < -0.3 is 10.4 Å². The third kappa shape index (κ3) is 2.52. The zero-order valence-electron chi connectivity index (χ0n) is 10.7. The molecule has 0 radical (unpaired) electrons. The van der Waals surface area contributed by atoms with E-state index in [9.17, 15) is 0 Å². The predicted octanol–water partition coefficient (Wildman–Crippen LogP) is 1.19. The van der Waals surface area contributed by atoms with E-state index in [2.05, 4.69) is 20.5 Å². The molecule has 0 aromatic carbocycles. The second-order valence-electron chi connectivity index (χ2n) is 4.18. The molecule has 2 N–H and O–H groups in total. The van der Waals surface area contributed by atoms with Crippen molar-refractivity contribution in [1.29, 1.82) is 5.26 Å². The fourth-order valence-corrected chi connectivity index (χ4v) is 2.08. The summed E-state index contributed by atoms with van der Waals surface area (Å²) in [4.78, 5) is 4.15. The van der Waals surface area contributed by atoms with Crippen molar-refractivity contribution in [2.75, 3.05) is 11.9 Å². The summed E-state index contributed by atoms with van der Waals surface area (Å²) in [6.07, 6.45) is 3.17. The van der Waals surface area contributed by atoms with Gasteiger partial charge in [0, 0.05) is 18.3 Å². The van der Waals surface area contributed by atoms with Gasteiger partial charge in [0.15, 0.2) is 22.3 Å². The third-order valence-corrected chi connectivity index (χ3v) is 2.97. The van der Waals surface area contributed by atoms with E-state index in [4.69, 9.17) is 22.0 Å². The van der Waals surface area contributed by atoms with Crippen LogP contribution in [-0.4, -0.2) is 36.1 Å². The number of hydrogen-bond donors (Lipinski definition) is 2. The van der Waals surface area contributed by atoms with Gasteiger partial charge >= 0.3 is 0 Å². The Morgan fingerprint density at radius 2 is 2.29 bits per heavy atom. The van der Waals surface area contributed by atoms with E-state index in [1.165, 1.54) is 10.7 Å². The molecule has 3 aromatic heterocycles. The zero-order chi connectivity index (χ0) is 14.8. The maximum atomic E-state index is 9.00. The van der Waals surface area contributed by atoms with E-state index in [0.717, 1.165) is 0 Å². The van der Waals surface area contributed by atoms with Crippen molar-refractivity contribution in [2.24, 2.45) is 0 Å². The Bertz CT molecular complexity index is 832. The van der Waals surface area contributed by atoms with Crippen molar-refractivity contribution in [1.82, 2.24) is 24.4 Å². The first kappa shape index (κ1) is 13.4.